The van der Waals surface area contributed by atoms with Gasteiger partial charge in [0.1, 0.15) is 0 Å². The Hall–Kier alpha value is -2.21. The zero-order chi connectivity index (χ0) is 12.9. The normalized spacial score (nSPS) is 10.5. The monoisotopic (exact) mass is 270 g/mol. The largest absolute Gasteiger partial charge is 0.411 e. The van der Waals surface area contributed by atoms with E-state index in [9.17, 15) is 0 Å². The lowest BCUT2D eigenvalue weighted by molar-refractivity contribution is 0.465. The molecule has 0 amide bonds. The van der Waals surface area contributed by atoms with Gasteiger partial charge in [0.15, 0.2) is 0 Å². The second kappa shape index (κ2) is 5.62. The first kappa shape index (κ1) is 11.9. The second-order valence-corrected chi connectivity index (χ2v) is 4.69. The van der Waals surface area contributed by atoms with Gasteiger partial charge >= 0.3 is 0 Å². The van der Waals surface area contributed by atoms with Crippen molar-refractivity contribution in [3.05, 3.63) is 54.6 Å². The molecule has 6 heteroatoms. The molecule has 0 N–H and O–H groups in total. The third-order valence-corrected chi connectivity index (χ3v) is 3.32. The summed E-state index contributed by atoms with van der Waals surface area (Å²) in [5.74, 6) is 1.27. The predicted molar refractivity (Wildman–Crippen MR) is 71.3 cm³/mol. The summed E-state index contributed by atoms with van der Waals surface area (Å²) in [6.45, 7) is 0. The Morgan fingerprint density at radius 2 is 1.89 bits per heavy atom. The smallest absolute Gasteiger partial charge is 0.277 e. The van der Waals surface area contributed by atoms with Crippen LogP contribution in [0.2, 0.25) is 0 Å². The fourth-order valence-electron chi connectivity index (χ4n) is 1.50. The summed E-state index contributed by atoms with van der Waals surface area (Å²) in [7, 11) is 0. The van der Waals surface area contributed by atoms with Gasteiger partial charge in [-0.3, -0.25) is 9.97 Å². The highest BCUT2D eigenvalue weighted by Gasteiger charge is 2.08. The molecule has 5 nitrogen and oxygen atoms in total. The van der Waals surface area contributed by atoms with Gasteiger partial charge in [-0.05, 0) is 29.8 Å². The number of pyridine rings is 2. The zero-order valence-corrected chi connectivity index (χ0v) is 10.7. The third kappa shape index (κ3) is 2.97. The Morgan fingerprint density at radius 3 is 2.68 bits per heavy atom. The van der Waals surface area contributed by atoms with E-state index < -0.39 is 0 Å². The van der Waals surface area contributed by atoms with Crippen molar-refractivity contribution in [2.45, 2.75) is 11.0 Å². The molecule has 3 aromatic rings. The third-order valence-electron chi connectivity index (χ3n) is 2.43. The molecule has 3 aromatic heterocycles. The summed E-state index contributed by atoms with van der Waals surface area (Å²) >= 11 is 1.50. The highest BCUT2D eigenvalue weighted by Crippen LogP contribution is 2.24. The molecule has 0 aromatic carbocycles. The van der Waals surface area contributed by atoms with Crippen molar-refractivity contribution in [3.8, 4) is 11.5 Å². The van der Waals surface area contributed by atoms with Crippen molar-refractivity contribution in [1.29, 1.82) is 0 Å². The molecule has 0 saturated carbocycles. The number of hydrogen-bond acceptors (Lipinski definition) is 6. The van der Waals surface area contributed by atoms with Crippen LogP contribution in [-0.4, -0.2) is 20.2 Å². The maximum atomic E-state index is 5.58. The Bertz CT molecular complexity index is 642. The Labute approximate surface area is 114 Å². The Balaban J connectivity index is 1.69. The number of nitrogens with zero attached hydrogens (tertiary/aromatic N) is 4. The fourth-order valence-corrected chi connectivity index (χ4v) is 2.22. The molecule has 19 heavy (non-hydrogen) atoms. The van der Waals surface area contributed by atoms with Crippen molar-refractivity contribution >= 4 is 11.8 Å². The van der Waals surface area contributed by atoms with E-state index in [1.165, 1.54) is 17.3 Å². The summed E-state index contributed by atoms with van der Waals surface area (Å²) in [5, 5.41) is 8.57. The van der Waals surface area contributed by atoms with E-state index in [1.807, 2.05) is 24.3 Å². The first-order valence-corrected chi connectivity index (χ1v) is 6.66. The van der Waals surface area contributed by atoms with Gasteiger partial charge < -0.3 is 4.42 Å². The molecule has 0 spiro atoms. The number of thioether (sulfide) groups is 1. The minimum atomic E-state index is 0.491. The molecule has 0 atom stereocenters. The van der Waals surface area contributed by atoms with Crippen LogP contribution in [0.5, 0.6) is 0 Å². The van der Waals surface area contributed by atoms with Crippen LogP contribution in [0.15, 0.2) is 58.7 Å². The van der Waals surface area contributed by atoms with Crippen LogP contribution in [0.4, 0.5) is 0 Å². The van der Waals surface area contributed by atoms with Crippen molar-refractivity contribution < 1.29 is 4.42 Å². The molecule has 94 valence electrons. The van der Waals surface area contributed by atoms with Crippen molar-refractivity contribution in [1.82, 2.24) is 20.2 Å². The summed E-state index contributed by atoms with van der Waals surface area (Å²) in [6, 6.07) is 7.65. The molecule has 0 radical (unpaired) electrons. The number of hydrogen-bond donors (Lipinski definition) is 0. The maximum Gasteiger partial charge on any atom is 0.277 e. The highest BCUT2D eigenvalue weighted by molar-refractivity contribution is 7.98. The van der Waals surface area contributed by atoms with Gasteiger partial charge in [-0.2, -0.15) is 0 Å². The van der Waals surface area contributed by atoms with Crippen molar-refractivity contribution in [2.24, 2.45) is 0 Å². The van der Waals surface area contributed by atoms with Crippen LogP contribution in [0.3, 0.4) is 0 Å². The zero-order valence-electron chi connectivity index (χ0n) is 9.93. The van der Waals surface area contributed by atoms with Crippen LogP contribution in [-0.2, 0) is 5.75 Å². The van der Waals surface area contributed by atoms with E-state index >= 15 is 0 Å². The van der Waals surface area contributed by atoms with Crippen LogP contribution >= 0.6 is 11.8 Å². The molecule has 0 bridgehead atoms. The molecule has 0 unspecified atom stereocenters. The summed E-state index contributed by atoms with van der Waals surface area (Å²) in [4.78, 5) is 8.00. The van der Waals surface area contributed by atoms with E-state index in [-0.39, 0.29) is 0 Å². The minimum Gasteiger partial charge on any atom is -0.411 e. The van der Waals surface area contributed by atoms with Crippen LogP contribution in [0, 0.1) is 0 Å². The first-order chi connectivity index (χ1) is 9.42. The van der Waals surface area contributed by atoms with E-state index in [0.717, 1.165) is 11.3 Å². The molecule has 3 heterocycles. The molecular weight excluding hydrogens is 260 g/mol. The van der Waals surface area contributed by atoms with Gasteiger partial charge in [-0.25, -0.2) is 0 Å². The van der Waals surface area contributed by atoms with E-state index in [0.29, 0.717) is 11.1 Å². The van der Waals surface area contributed by atoms with Gasteiger partial charge in [0.25, 0.3) is 5.22 Å². The van der Waals surface area contributed by atoms with Crippen LogP contribution < -0.4 is 0 Å². The summed E-state index contributed by atoms with van der Waals surface area (Å²) < 4.78 is 5.58. The Kier molecular flexibility index (Phi) is 3.51. The van der Waals surface area contributed by atoms with Gasteiger partial charge in [0.05, 0.1) is 5.56 Å². The fraction of sp³-hybridized carbons (Fsp3) is 0.0769. The molecule has 0 aliphatic heterocycles. The molecule has 0 aliphatic carbocycles. The number of rotatable bonds is 4. The lowest BCUT2D eigenvalue weighted by Crippen LogP contribution is -1.80. The first-order valence-electron chi connectivity index (χ1n) is 5.67. The van der Waals surface area contributed by atoms with Gasteiger partial charge in [0.2, 0.25) is 5.89 Å². The quantitative estimate of drug-likeness (QED) is 0.679. The van der Waals surface area contributed by atoms with Gasteiger partial charge in [0, 0.05) is 30.5 Å². The number of aromatic nitrogens is 4. The van der Waals surface area contributed by atoms with Crippen LogP contribution in [0.25, 0.3) is 11.5 Å². The topological polar surface area (TPSA) is 64.7 Å². The highest BCUT2D eigenvalue weighted by atomic mass is 32.2. The van der Waals surface area contributed by atoms with Gasteiger partial charge in [-0.15, -0.1) is 10.2 Å². The lowest BCUT2D eigenvalue weighted by atomic mass is 10.3. The summed E-state index contributed by atoms with van der Waals surface area (Å²) in [6.07, 6.45) is 6.94. The maximum absolute atomic E-state index is 5.58. The molecule has 0 fully saturated rings. The lowest BCUT2D eigenvalue weighted by Gasteiger charge is -1.96. The summed E-state index contributed by atoms with van der Waals surface area (Å²) in [5.41, 5.74) is 1.99. The van der Waals surface area contributed by atoms with Crippen molar-refractivity contribution in [2.75, 3.05) is 0 Å². The van der Waals surface area contributed by atoms with Gasteiger partial charge in [-0.1, -0.05) is 11.8 Å². The van der Waals surface area contributed by atoms with Crippen LogP contribution in [0.1, 0.15) is 5.56 Å². The van der Waals surface area contributed by atoms with E-state index in [1.54, 1.807) is 24.8 Å². The average molecular weight is 270 g/mol. The second-order valence-electron chi connectivity index (χ2n) is 3.76. The van der Waals surface area contributed by atoms with Crippen molar-refractivity contribution in [3.63, 3.8) is 0 Å². The van der Waals surface area contributed by atoms with E-state index in [2.05, 4.69) is 20.2 Å². The molecule has 3 rings (SSSR count). The molecular formula is C13H10N4OS. The minimum absolute atomic E-state index is 0.491. The standard InChI is InChI=1S/C13H10N4OS/c1-2-11(8-15-5-1)12-16-17-13(18-12)19-9-10-3-6-14-7-4-10/h1-8H,9H2. The molecule has 0 aliphatic rings. The predicted octanol–water partition coefficient (Wildman–Crippen LogP) is 2.82. The SMILES string of the molecule is c1cncc(-c2nnc(SCc3ccncc3)o2)c1. The Morgan fingerprint density at radius 1 is 1.00 bits per heavy atom. The average Bonchev–Trinajstić information content (AvgIpc) is 2.96. The molecule has 0 saturated heterocycles. The van der Waals surface area contributed by atoms with E-state index in [4.69, 9.17) is 4.42 Å².